The summed E-state index contributed by atoms with van der Waals surface area (Å²) in [5, 5.41) is 15.9. The van der Waals surface area contributed by atoms with Crippen molar-refractivity contribution in [3.05, 3.63) is 76.4 Å². The van der Waals surface area contributed by atoms with Crippen molar-refractivity contribution in [2.75, 3.05) is 5.75 Å². The van der Waals surface area contributed by atoms with Crippen molar-refractivity contribution in [2.45, 2.75) is 24.5 Å². The number of nitrogens with one attached hydrogen (secondary N) is 1. The fourth-order valence-corrected chi connectivity index (χ4v) is 4.75. The largest absolute Gasteiger partial charge is 0.467 e. The maximum atomic E-state index is 13.0. The molecule has 0 aliphatic carbocycles. The Morgan fingerprint density at radius 3 is 2.87 bits per heavy atom. The van der Waals surface area contributed by atoms with Gasteiger partial charge in [0.05, 0.1) is 22.6 Å². The number of carbonyl (C=O) groups is 1. The lowest BCUT2D eigenvalue weighted by Crippen LogP contribution is -2.28. The lowest BCUT2D eigenvalue weighted by atomic mass is 10.1. The third kappa shape index (κ3) is 4.19. The zero-order valence-corrected chi connectivity index (χ0v) is 18.3. The zero-order valence-electron chi connectivity index (χ0n) is 16.7. The van der Waals surface area contributed by atoms with Crippen molar-refractivity contribution in [3.8, 4) is 11.4 Å². The Labute approximate surface area is 187 Å². The normalized spacial score (nSPS) is 16.0. The second-order valence-electron chi connectivity index (χ2n) is 7.12. The molecule has 1 aliphatic heterocycles. The molecule has 1 N–H and O–H groups in total. The van der Waals surface area contributed by atoms with Crippen LogP contribution in [-0.4, -0.2) is 37.6 Å². The maximum absolute atomic E-state index is 13.0. The van der Waals surface area contributed by atoms with Crippen LogP contribution >= 0.6 is 23.1 Å². The lowest BCUT2D eigenvalue weighted by Gasteiger charge is -2.19. The van der Waals surface area contributed by atoms with E-state index in [0.29, 0.717) is 17.4 Å². The number of hydrogen-bond donors (Lipinski definition) is 1. The number of H-pyrrole nitrogens is 1. The standard InChI is InChI=1S/C22H19N5O2S2/c1-14-6-8-15(9-7-14)21-23-22(25-24-21)31-13-20(28)27-17(18-4-2-10-29-18)12-16(26-27)19-5-3-11-30-19/h2-11,17H,12-13H2,1H3,(H,23,24,25)/t17-/m0/s1. The first-order valence-electron chi connectivity index (χ1n) is 9.76. The minimum Gasteiger partial charge on any atom is -0.467 e. The Kier molecular flexibility index (Phi) is 5.44. The first-order chi connectivity index (χ1) is 15.2. The molecule has 0 unspecified atom stereocenters. The molecular weight excluding hydrogens is 430 g/mol. The Morgan fingerprint density at radius 2 is 2.13 bits per heavy atom. The van der Waals surface area contributed by atoms with Crippen LogP contribution in [0.1, 0.15) is 28.7 Å². The van der Waals surface area contributed by atoms with E-state index < -0.39 is 0 Å². The number of aromatic nitrogens is 3. The van der Waals surface area contributed by atoms with Crippen molar-refractivity contribution in [3.63, 3.8) is 0 Å². The number of hydrogen-bond acceptors (Lipinski definition) is 7. The molecule has 1 aromatic carbocycles. The summed E-state index contributed by atoms with van der Waals surface area (Å²) in [6, 6.07) is 15.5. The van der Waals surface area contributed by atoms with Gasteiger partial charge in [-0.15, -0.1) is 16.4 Å². The van der Waals surface area contributed by atoms with E-state index in [9.17, 15) is 4.79 Å². The van der Waals surface area contributed by atoms with Crippen LogP contribution in [-0.2, 0) is 4.79 Å². The predicted molar refractivity (Wildman–Crippen MR) is 121 cm³/mol. The number of thiophene rings is 1. The molecular formula is C22H19N5O2S2. The van der Waals surface area contributed by atoms with Crippen LogP contribution in [0.4, 0.5) is 0 Å². The van der Waals surface area contributed by atoms with E-state index in [4.69, 9.17) is 4.42 Å². The van der Waals surface area contributed by atoms with Crippen LogP contribution in [0.5, 0.6) is 0 Å². The van der Waals surface area contributed by atoms with Crippen molar-refractivity contribution < 1.29 is 9.21 Å². The SMILES string of the molecule is Cc1ccc(-c2nc(SCC(=O)N3N=C(c4cccs4)C[C@H]3c3ccco3)n[nH]2)cc1. The number of thioether (sulfide) groups is 1. The third-order valence-electron chi connectivity index (χ3n) is 4.96. The number of carbonyl (C=O) groups excluding carboxylic acids is 1. The van der Waals surface area contributed by atoms with E-state index in [1.807, 2.05) is 60.8 Å². The molecule has 3 aromatic heterocycles. The zero-order chi connectivity index (χ0) is 21.2. The molecule has 0 radical (unpaired) electrons. The van der Waals surface area contributed by atoms with Gasteiger partial charge in [0.15, 0.2) is 5.82 Å². The minimum atomic E-state index is -0.240. The second kappa shape index (κ2) is 8.52. The molecule has 1 aliphatic rings. The number of rotatable bonds is 6. The smallest absolute Gasteiger partial charge is 0.253 e. The Hall–Kier alpha value is -3.17. The van der Waals surface area contributed by atoms with Crippen LogP contribution in [0.25, 0.3) is 11.4 Å². The van der Waals surface area contributed by atoms with Gasteiger partial charge >= 0.3 is 0 Å². The molecule has 9 heteroatoms. The van der Waals surface area contributed by atoms with Gasteiger partial charge in [-0.05, 0) is 30.5 Å². The van der Waals surface area contributed by atoms with Gasteiger partial charge in [0.1, 0.15) is 11.8 Å². The highest BCUT2D eigenvalue weighted by atomic mass is 32.2. The van der Waals surface area contributed by atoms with Gasteiger partial charge in [-0.25, -0.2) is 9.99 Å². The van der Waals surface area contributed by atoms with E-state index in [0.717, 1.165) is 21.9 Å². The van der Waals surface area contributed by atoms with Gasteiger partial charge in [-0.2, -0.15) is 5.10 Å². The minimum absolute atomic E-state index is 0.111. The van der Waals surface area contributed by atoms with Gasteiger partial charge in [-0.3, -0.25) is 9.89 Å². The maximum Gasteiger partial charge on any atom is 0.253 e. The van der Waals surface area contributed by atoms with Gasteiger partial charge in [0.25, 0.3) is 5.91 Å². The Bertz CT molecular complexity index is 1200. The summed E-state index contributed by atoms with van der Waals surface area (Å²) >= 11 is 2.91. The molecule has 1 amide bonds. The van der Waals surface area contributed by atoms with E-state index in [-0.39, 0.29) is 17.7 Å². The van der Waals surface area contributed by atoms with Crippen molar-refractivity contribution in [1.29, 1.82) is 0 Å². The highest BCUT2D eigenvalue weighted by Crippen LogP contribution is 2.34. The molecule has 4 aromatic rings. The molecule has 7 nitrogen and oxygen atoms in total. The lowest BCUT2D eigenvalue weighted by molar-refractivity contribution is -0.130. The highest BCUT2D eigenvalue weighted by molar-refractivity contribution is 7.99. The van der Waals surface area contributed by atoms with Crippen molar-refractivity contribution in [1.82, 2.24) is 20.2 Å². The predicted octanol–water partition coefficient (Wildman–Crippen LogP) is 4.90. The first-order valence-corrected chi connectivity index (χ1v) is 11.6. The third-order valence-corrected chi connectivity index (χ3v) is 6.71. The van der Waals surface area contributed by atoms with Crippen LogP contribution in [0, 0.1) is 6.92 Å². The summed E-state index contributed by atoms with van der Waals surface area (Å²) in [6.07, 6.45) is 2.25. The average molecular weight is 450 g/mol. The van der Waals surface area contributed by atoms with E-state index in [2.05, 4.69) is 20.3 Å². The first kappa shape index (κ1) is 19.8. The molecule has 0 saturated carbocycles. The summed E-state index contributed by atoms with van der Waals surface area (Å²) in [5.74, 6) is 1.49. The number of hydrazone groups is 1. The average Bonchev–Trinajstić information content (AvgIpc) is 3.58. The van der Waals surface area contributed by atoms with Crippen molar-refractivity contribution in [2.24, 2.45) is 5.10 Å². The molecule has 5 rings (SSSR count). The molecule has 156 valence electrons. The summed E-state index contributed by atoms with van der Waals surface area (Å²) in [7, 11) is 0. The van der Waals surface area contributed by atoms with Gasteiger partial charge in [0.2, 0.25) is 5.16 Å². The summed E-state index contributed by atoms with van der Waals surface area (Å²) < 4.78 is 5.59. The van der Waals surface area contributed by atoms with Crippen LogP contribution in [0.3, 0.4) is 0 Å². The molecule has 0 bridgehead atoms. The quantitative estimate of drug-likeness (QED) is 0.423. The number of furan rings is 1. The summed E-state index contributed by atoms with van der Waals surface area (Å²) in [5.41, 5.74) is 3.04. The molecule has 0 fully saturated rings. The topological polar surface area (TPSA) is 87.4 Å². The fourth-order valence-electron chi connectivity index (χ4n) is 3.38. The summed E-state index contributed by atoms with van der Waals surface area (Å²) in [6.45, 7) is 2.04. The van der Waals surface area contributed by atoms with Crippen molar-refractivity contribution >= 4 is 34.7 Å². The number of benzene rings is 1. The van der Waals surface area contributed by atoms with E-state index >= 15 is 0 Å². The van der Waals surface area contributed by atoms with Gasteiger partial charge in [0, 0.05) is 12.0 Å². The molecule has 4 heterocycles. The fraction of sp³-hybridized carbons (Fsp3) is 0.182. The number of nitrogens with zero attached hydrogens (tertiary/aromatic N) is 4. The summed E-state index contributed by atoms with van der Waals surface area (Å²) in [4.78, 5) is 18.6. The van der Waals surface area contributed by atoms with E-state index in [1.165, 1.54) is 22.3 Å². The van der Waals surface area contributed by atoms with Crippen LogP contribution in [0.2, 0.25) is 0 Å². The molecule has 1 atom stereocenters. The number of aryl methyl sites for hydroxylation is 1. The Morgan fingerprint density at radius 1 is 1.26 bits per heavy atom. The highest BCUT2D eigenvalue weighted by Gasteiger charge is 2.35. The molecule has 0 spiro atoms. The second-order valence-corrected chi connectivity index (χ2v) is 9.01. The van der Waals surface area contributed by atoms with Gasteiger partial charge in [-0.1, -0.05) is 47.7 Å². The van der Waals surface area contributed by atoms with Crippen LogP contribution < -0.4 is 0 Å². The Balaban J connectivity index is 1.30. The number of aromatic amines is 1. The van der Waals surface area contributed by atoms with Crippen LogP contribution in [0.15, 0.2) is 74.8 Å². The van der Waals surface area contributed by atoms with E-state index in [1.54, 1.807) is 17.6 Å². The number of amides is 1. The monoisotopic (exact) mass is 449 g/mol. The molecule has 0 saturated heterocycles. The molecule has 31 heavy (non-hydrogen) atoms. The van der Waals surface area contributed by atoms with Gasteiger partial charge < -0.3 is 4.42 Å².